The molecule has 0 unspecified atom stereocenters. The summed E-state index contributed by atoms with van der Waals surface area (Å²) < 4.78 is 28.0. The standard InChI is InChI=1S/C20H23NO5S/c1-3-15-7-9-16(10-8-15)11-12-20(23)26-14-19(22)21-17-5-4-6-18(13-17)27(2,24)25/h4-10,13H,3,11-12,14H2,1-2H3,(H,21,22). The first-order valence-electron chi connectivity index (χ1n) is 8.61. The summed E-state index contributed by atoms with van der Waals surface area (Å²) in [7, 11) is -3.36. The minimum atomic E-state index is -3.36. The van der Waals surface area contributed by atoms with E-state index >= 15 is 0 Å². The predicted octanol–water partition coefficient (Wildman–Crippen LogP) is 2.77. The summed E-state index contributed by atoms with van der Waals surface area (Å²) in [5.74, 6) is -0.990. The molecular weight excluding hydrogens is 366 g/mol. The molecule has 0 atom stereocenters. The summed E-state index contributed by atoms with van der Waals surface area (Å²) in [6.07, 6.45) is 2.78. The Bertz CT molecular complexity index is 904. The molecule has 0 radical (unpaired) electrons. The predicted molar refractivity (Wildman–Crippen MR) is 103 cm³/mol. The molecule has 1 amide bonds. The zero-order chi connectivity index (χ0) is 19.9. The van der Waals surface area contributed by atoms with Crippen molar-refractivity contribution in [2.45, 2.75) is 31.1 Å². The van der Waals surface area contributed by atoms with Crippen LogP contribution in [0.15, 0.2) is 53.4 Å². The van der Waals surface area contributed by atoms with Gasteiger partial charge in [0.05, 0.1) is 4.90 Å². The van der Waals surface area contributed by atoms with Crippen LogP contribution in [0.25, 0.3) is 0 Å². The first-order chi connectivity index (χ1) is 12.8. The van der Waals surface area contributed by atoms with Crippen LogP contribution in [-0.2, 0) is 37.0 Å². The molecule has 6 nitrogen and oxygen atoms in total. The fraction of sp³-hybridized carbons (Fsp3) is 0.300. The van der Waals surface area contributed by atoms with Crippen LogP contribution in [0.1, 0.15) is 24.5 Å². The number of sulfone groups is 1. The van der Waals surface area contributed by atoms with Crippen molar-refractivity contribution in [3.8, 4) is 0 Å². The molecule has 0 aliphatic carbocycles. The molecule has 144 valence electrons. The van der Waals surface area contributed by atoms with Gasteiger partial charge in [-0.15, -0.1) is 0 Å². The average Bonchev–Trinajstić information content (AvgIpc) is 2.64. The van der Waals surface area contributed by atoms with Crippen molar-refractivity contribution in [3.05, 3.63) is 59.7 Å². The molecule has 0 saturated heterocycles. The minimum Gasteiger partial charge on any atom is -0.456 e. The molecule has 27 heavy (non-hydrogen) atoms. The highest BCUT2D eigenvalue weighted by molar-refractivity contribution is 7.90. The van der Waals surface area contributed by atoms with Gasteiger partial charge in [0, 0.05) is 18.4 Å². The minimum absolute atomic E-state index is 0.103. The van der Waals surface area contributed by atoms with Gasteiger partial charge in [-0.3, -0.25) is 9.59 Å². The molecule has 0 aliphatic heterocycles. The lowest BCUT2D eigenvalue weighted by atomic mass is 10.1. The zero-order valence-corrected chi connectivity index (χ0v) is 16.2. The van der Waals surface area contributed by atoms with Gasteiger partial charge in [0.2, 0.25) is 0 Å². The highest BCUT2D eigenvalue weighted by atomic mass is 32.2. The van der Waals surface area contributed by atoms with Crippen molar-refractivity contribution in [1.29, 1.82) is 0 Å². The summed E-state index contributed by atoms with van der Waals surface area (Å²) in [6, 6.07) is 13.9. The van der Waals surface area contributed by atoms with Gasteiger partial charge < -0.3 is 10.1 Å². The monoisotopic (exact) mass is 389 g/mol. The number of hydrogen-bond donors (Lipinski definition) is 1. The van der Waals surface area contributed by atoms with Crippen LogP contribution < -0.4 is 5.32 Å². The Kier molecular flexibility index (Phi) is 7.12. The topological polar surface area (TPSA) is 89.5 Å². The Morgan fingerprint density at radius 3 is 2.33 bits per heavy atom. The number of hydrogen-bond acceptors (Lipinski definition) is 5. The number of rotatable bonds is 8. The first kappa shape index (κ1) is 20.6. The molecule has 2 aromatic rings. The Hall–Kier alpha value is -2.67. The third kappa shape index (κ3) is 6.86. The fourth-order valence-electron chi connectivity index (χ4n) is 2.41. The smallest absolute Gasteiger partial charge is 0.306 e. The lowest BCUT2D eigenvalue weighted by molar-refractivity contribution is -0.147. The molecule has 0 bridgehead atoms. The summed E-state index contributed by atoms with van der Waals surface area (Å²) in [6.45, 7) is 1.66. The number of anilines is 1. The van der Waals surface area contributed by atoms with E-state index in [1.54, 1.807) is 6.07 Å². The Morgan fingerprint density at radius 1 is 1.04 bits per heavy atom. The second-order valence-corrected chi connectivity index (χ2v) is 8.19. The number of ether oxygens (including phenoxy) is 1. The Morgan fingerprint density at radius 2 is 1.70 bits per heavy atom. The van der Waals surface area contributed by atoms with E-state index in [-0.39, 0.29) is 11.3 Å². The lowest BCUT2D eigenvalue weighted by Gasteiger charge is -2.08. The van der Waals surface area contributed by atoms with E-state index in [9.17, 15) is 18.0 Å². The van der Waals surface area contributed by atoms with Gasteiger partial charge >= 0.3 is 5.97 Å². The normalized spacial score (nSPS) is 11.0. The summed E-state index contributed by atoms with van der Waals surface area (Å²) in [5.41, 5.74) is 2.60. The van der Waals surface area contributed by atoms with E-state index in [0.29, 0.717) is 12.1 Å². The zero-order valence-electron chi connectivity index (χ0n) is 15.4. The van der Waals surface area contributed by atoms with Crippen LogP contribution in [0.2, 0.25) is 0 Å². The van der Waals surface area contributed by atoms with Gasteiger partial charge in [0.1, 0.15) is 0 Å². The molecule has 0 spiro atoms. The molecular formula is C20H23NO5S. The third-order valence-electron chi connectivity index (χ3n) is 3.96. The number of carbonyl (C=O) groups excluding carboxylic acids is 2. The van der Waals surface area contributed by atoms with Crippen LogP contribution in [-0.4, -0.2) is 33.2 Å². The number of aryl methyl sites for hydroxylation is 2. The summed E-state index contributed by atoms with van der Waals surface area (Å²) in [5, 5.41) is 2.52. The van der Waals surface area contributed by atoms with Crippen LogP contribution in [0.4, 0.5) is 5.69 Å². The maximum absolute atomic E-state index is 11.9. The summed E-state index contributed by atoms with van der Waals surface area (Å²) >= 11 is 0. The van der Waals surface area contributed by atoms with Crippen molar-refractivity contribution in [1.82, 2.24) is 0 Å². The highest BCUT2D eigenvalue weighted by Crippen LogP contribution is 2.15. The van der Waals surface area contributed by atoms with Crippen LogP contribution >= 0.6 is 0 Å². The van der Waals surface area contributed by atoms with Gasteiger partial charge in [0.25, 0.3) is 5.91 Å². The van der Waals surface area contributed by atoms with Gasteiger partial charge in [-0.1, -0.05) is 37.3 Å². The number of nitrogens with one attached hydrogen (secondary N) is 1. The van der Waals surface area contributed by atoms with Crippen molar-refractivity contribution in [2.24, 2.45) is 0 Å². The van der Waals surface area contributed by atoms with Crippen molar-refractivity contribution >= 4 is 27.4 Å². The fourth-order valence-corrected chi connectivity index (χ4v) is 3.07. The van der Waals surface area contributed by atoms with Crippen LogP contribution in [0.3, 0.4) is 0 Å². The van der Waals surface area contributed by atoms with Crippen molar-refractivity contribution in [2.75, 3.05) is 18.2 Å². The number of amides is 1. The molecule has 7 heteroatoms. The molecule has 0 heterocycles. The molecule has 0 saturated carbocycles. The van der Waals surface area contributed by atoms with E-state index < -0.39 is 28.3 Å². The second-order valence-electron chi connectivity index (χ2n) is 6.18. The van der Waals surface area contributed by atoms with E-state index in [0.717, 1.165) is 18.2 Å². The molecule has 1 N–H and O–H groups in total. The van der Waals surface area contributed by atoms with Gasteiger partial charge in [-0.05, 0) is 42.2 Å². The van der Waals surface area contributed by atoms with E-state index in [1.165, 1.54) is 23.8 Å². The molecule has 2 aromatic carbocycles. The highest BCUT2D eigenvalue weighted by Gasteiger charge is 2.11. The molecule has 0 aliphatic rings. The van der Waals surface area contributed by atoms with Gasteiger partial charge in [-0.25, -0.2) is 8.42 Å². The van der Waals surface area contributed by atoms with Gasteiger partial charge in [-0.2, -0.15) is 0 Å². The Labute approximate surface area is 159 Å². The van der Waals surface area contributed by atoms with Crippen molar-refractivity contribution in [3.63, 3.8) is 0 Å². The Balaban J connectivity index is 1.78. The van der Waals surface area contributed by atoms with Crippen molar-refractivity contribution < 1.29 is 22.7 Å². The molecule has 2 rings (SSSR count). The first-order valence-corrected chi connectivity index (χ1v) is 10.5. The number of benzene rings is 2. The van der Waals surface area contributed by atoms with Crippen LogP contribution in [0, 0.1) is 0 Å². The van der Waals surface area contributed by atoms with Crippen LogP contribution in [0.5, 0.6) is 0 Å². The van der Waals surface area contributed by atoms with E-state index in [4.69, 9.17) is 4.74 Å². The third-order valence-corrected chi connectivity index (χ3v) is 5.07. The average molecular weight is 389 g/mol. The van der Waals surface area contributed by atoms with E-state index in [2.05, 4.69) is 12.2 Å². The maximum Gasteiger partial charge on any atom is 0.306 e. The summed E-state index contributed by atoms with van der Waals surface area (Å²) in [4.78, 5) is 23.8. The van der Waals surface area contributed by atoms with E-state index in [1.807, 2.05) is 24.3 Å². The number of esters is 1. The number of carbonyl (C=O) groups is 2. The lowest BCUT2D eigenvalue weighted by Crippen LogP contribution is -2.21. The maximum atomic E-state index is 11.9. The molecule has 0 fully saturated rings. The largest absolute Gasteiger partial charge is 0.456 e. The molecule has 0 aromatic heterocycles. The SMILES string of the molecule is CCc1ccc(CCC(=O)OCC(=O)Nc2cccc(S(C)(=O)=O)c2)cc1. The quantitative estimate of drug-likeness (QED) is 0.701. The van der Waals surface area contributed by atoms with Gasteiger partial charge in [0.15, 0.2) is 16.4 Å². The second kappa shape index (κ2) is 9.32.